The van der Waals surface area contributed by atoms with Gasteiger partial charge in [-0.3, -0.25) is 9.59 Å². The average molecular weight is 411 g/mol. The SMILES string of the molecule is Cc1nn(CC(=O)NCCn2nc(-c3cccs3)oc2=O)c(=O)c2ccccc12. The van der Waals surface area contributed by atoms with Gasteiger partial charge in [-0.15, -0.1) is 16.4 Å². The van der Waals surface area contributed by atoms with Crippen LogP contribution in [-0.2, 0) is 17.9 Å². The molecule has 0 fully saturated rings. The normalized spacial score (nSPS) is 11.1. The number of aryl methyl sites for hydroxylation is 1. The van der Waals surface area contributed by atoms with Crippen LogP contribution in [0.25, 0.3) is 21.5 Å². The standard InChI is InChI=1S/C19H17N5O4S/c1-12-13-5-2-3-6-14(13)18(26)24(21-12)11-16(25)20-8-9-23-19(27)28-17(22-23)15-7-4-10-29-15/h2-7,10H,8-9,11H2,1H3,(H,20,25). The van der Waals surface area contributed by atoms with Gasteiger partial charge in [0.15, 0.2) is 0 Å². The highest BCUT2D eigenvalue weighted by molar-refractivity contribution is 7.13. The Morgan fingerprint density at radius 1 is 1.10 bits per heavy atom. The minimum absolute atomic E-state index is 0.151. The Balaban J connectivity index is 1.40. The first-order chi connectivity index (χ1) is 14.0. The molecule has 0 radical (unpaired) electrons. The molecule has 0 aliphatic carbocycles. The van der Waals surface area contributed by atoms with Gasteiger partial charge < -0.3 is 9.73 Å². The van der Waals surface area contributed by atoms with E-state index in [1.807, 2.05) is 23.6 Å². The van der Waals surface area contributed by atoms with Gasteiger partial charge in [0.05, 0.1) is 22.5 Å². The number of carbonyl (C=O) groups excluding carboxylic acids is 1. The number of hydrogen-bond donors (Lipinski definition) is 1. The number of nitrogens with zero attached hydrogens (tertiary/aromatic N) is 4. The van der Waals surface area contributed by atoms with E-state index >= 15 is 0 Å². The van der Waals surface area contributed by atoms with E-state index in [9.17, 15) is 14.4 Å². The summed E-state index contributed by atoms with van der Waals surface area (Å²) >= 11 is 1.41. The summed E-state index contributed by atoms with van der Waals surface area (Å²) in [6.07, 6.45) is 0. The van der Waals surface area contributed by atoms with E-state index in [0.717, 1.165) is 19.6 Å². The van der Waals surface area contributed by atoms with Gasteiger partial charge in [-0.2, -0.15) is 9.78 Å². The number of hydrogen-bond acceptors (Lipinski definition) is 7. The van der Waals surface area contributed by atoms with Gasteiger partial charge in [-0.25, -0.2) is 9.48 Å². The summed E-state index contributed by atoms with van der Waals surface area (Å²) in [5.41, 5.74) is 0.345. The second-order valence-corrected chi connectivity index (χ2v) is 7.27. The lowest BCUT2D eigenvalue weighted by atomic mass is 10.1. The van der Waals surface area contributed by atoms with Crippen LogP contribution in [0.2, 0.25) is 0 Å². The lowest BCUT2D eigenvalue weighted by Crippen LogP contribution is -2.36. The van der Waals surface area contributed by atoms with Gasteiger partial charge in [0, 0.05) is 11.9 Å². The summed E-state index contributed by atoms with van der Waals surface area (Å²) < 4.78 is 7.42. The van der Waals surface area contributed by atoms with Crippen molar-refractivity contribution < 1.29 is 9.21 Å². The Labute approximate surface area is 168 Å². The molecule has 1 N–H and O–H groups in total. The Morgan fingerprint density at radius 2 is 1.90 bits per heavy atom. The molecule has 4 rings (SSSR count). The fraction of sp³-hybridized carbons (Fsp3) is 0.211. The van der Waals surface area contributed by atoms with E-state index in [1.54, 1.807) is 25.1 Å². The molecule has 1 aromatic carbocycles. The fourth-order valence-corrected chi connectivity index (χ4v) is 3.60. The van der Waals surface area contributed by atoms with Crippen LogP contribution in [0.5, 0.6) is 0 Å². The molecule has 3 aromatic heterocycles. The summed E-state index contributed by atoms with van der Waals surface area (Å²) in [7, 11) is 0. The molecule has 0 atom stereocenters. The molecule has 29 heavy (non-hydrogen) atoms. The molecular weight excluding hydrogens is 394 g/mol. The average Bonchev–Trinajstić information content (AvgIpc) is 3.36. The highest BCUT2D eigenvalue weighted by Crippen LogP contribution is 2.20. The third-order valence-corrected chi connectivity index (χ3v) is 5.19. The first-order valence-corrected chi connectivity index (χ1v) is 9.76. The van der Waals surface area contributed by atoms with E-state index in [4.69, 9.17) is 4.42 Å². The second kappa shape index (κ2) is 7.84. The molecular formula is C19H17N5O4S. The second-order valence-electron chi connectivity index (χ2n) is 6.32. The van der Waals surface area contributed by atoms with Crippen LogP contribution in [-0.4, -0.2) is 32.0 Å². The van der Waals surface area contributed by atoms with E-state index in [-0.39, 0.29) is 37.0 Å². The fourth-order valence-electron chi connectivity index (χ4n) is 2.95. The van der Waals surface area contributed by atoms with Crippen LogP contribution in [0.3, 0.4) is 0 Å². The first kappa shape index (κ1) is 18.8. The number of thiophene rings is 1. The summed E-state index contributed by atoms with van der Waals surface area (Å²) in [5, 5.41) is 14.1. The Kier molecular flexibility index (Phi) is 5.09. The molecule has 10 heteroatoms. The highest BCUT2D eigenvalue weighted by atomic mass is 32.1. The zero-order chi connectivity index (χ0) is 20.4. The zero-order valence-electron chi connectivity index (χ0n) is 15.5. The Hall–Kier alpha value is -3.53. The van der Waals surface area contributed by atoms with E-state index < -0.39 is 5.76 Å². The number of rotatable bonds is 6. The van der Waals surface area contributed by atoms with Crippen molar-refractivity contribution in [1.82, 2.24) is 24.9 Å². The van der Waals surface area contributed by atoms with E-state index in [0.29, 0.717) is 11.1 Å². The lowest BCUT2D eigenvalue weighted by Gasteiger charge is -2.09. The summed E-state index contributed by atoms with van der Waals surface area (Å²) in [6, 6.07) is 10.8. The number of nitrogens with one attached hydrogen (secondary N) is 1. The van der Waals surface area contributed by atoms with Crippen molar-refractivity contribution in [2.75, 3.05) is 6.54 Å². The molecule has 0 spiro atoms. The number of amides is 1. The van der Waals surface area contributed by atoms with Crippen LogP contribution < -0.4 is 16.6 Å². The van der Waals surface area contributed by atoms with Gasteiger partial charge in [-0.05, 0) is 24.4 Å². The van der Waals surface area contributed by atoms with Crippen molar-refractivity contribution in [3.63, 3.8) is 0 Å². The number of aromatic nitrogens is 4. The number of carbonyl (C=O) groups is 1. The smallest absolute Gasteiger partial charge is 0.387 e. The van der Waals surface area contributed by atoms with Crippen molar-refractivity contribution in [1.29, 1.82) is 0 Å². The van der Waals surface area contributed by atoms with Crippen LogP contribution in [0.15, 0.2) is 55.8 Å². The monoisotopic (exact) mass is 411 g/mol. The predicted molar refractivity (Wildman–Crippen MR) is 108 cm³/mol. The minimum atomic E-state index is -0.592. The van der Waals surface area contributed by atoms with Gasteiger partial charge >= 0.3 is 5.76 Å². The quantitative estimate of drug-likeness (QED) is 0.513. The third kappa shape index (κ3) is 3.87. The molecule has 4 aromatic rings. The molecule has 0 saturated heterocycles. The maximum Gasteiger partial charge on any atom is 0.437 e. The molecule has 0 unspecified atom stereocenters. The Bertz CT molecular complexity index is 1290. The van der Waals surface area contributed by atoms with Gasteiger partial charge in [-0.1, -0.05) is 24.3 Å². The van der Waals surface area contributed by atoms with Gasteiger partial charge in [0.25, 0.3) is 11.4 Å². The van der Waals surface area contributed by atoms with Crippen LogP contribution >= 0.6 is 11.3 Å². The minimum Gasteiger partial charge on any atom is -0.387 e. The molecule has 148 valence electrons. The summed E-state index contributed by atoms with van der Waals surface area (Å²) in [5.74, 6) is -0.728. The molecule has 0 saturated carbocycles. The third-order valence-electron chi connectivity index (χ3n) is 4.33. The van der Waals surface area contributed by atoms with E-state index in [1.165, 1.54) is 11.3 Å². The number of benzene rings is 1. The molecule has 1 amide bonds. The molecule has 0 aliphatic heterocycles. The first-order valence-electron chi connectivity index (χ1n) is 8.88. The predicted octanol–water partition coefficient (Wildman–Crippen LogP) is 1.40. The maximum absolute atomic E-state index is 12.5. The molecule has 3 heterocycles. The van der Waals surface area contributed by atoms with Crippen LogP contribution in [0, 0.1) is 6.92 Å². The molecule has 0 bridgehead atoms. The summed E-state index contributed by atoms with van der Waals surface area (Å²) in [6.45, 7) is 1.89. The van der Waals surface area contributed by atoms with Crippen molar-refractivity contribution in [2.24, 2.45) is 0 Å². The molecule has 9 nitrogen and oxygen atoms in total. The largest absolute Gasteiger partial charge is 0.437 e. The Morgan fingerprint density at radius 3 is 2.66 bits per heavy atom. The lowest BCUT2D eigenvalue weighted by molar-refractivity contribution is -0.121. The van der Waals surface area contributed by atoms with Gasteiger partial charge in [0.2, 0.25) is 5.91 Å². The van der Waals surface area contributed by atoms with E-state index in [2.05, 4.69) is 15.5 Å². The van der Waals surface area contributed by atoms with Gasteiger partial charge in [0.1, 0.15) is 6.54 Å². The number of fused-ring (bicyclic) bond motifs is 1. The van der Waals surface area contributed by atoms with Crippen LogP contribution in [0.4, 0.5) is 0 Å². The molecule has 0 aliphatic rings. The zero-order valence-corrected chi connectivity index (χ0v) is 16.3. The van der Waals surface area contributed by atoms with Crippen molar-refractivity contribution in [3.8, 4) is 10.8 Å². The van der Waals surface area contributed by atoms with Crippen molar-refractivity contribution in [3.05, 3.63) is 68.4 Å². The van der Waals surface area contributed by atoms with Crippen molar-refractivity contribution >= 4 is 28.0 Å². The van der Waals surface area contributed by atoms with Crippen molar-refractivity contribution in [2.45, 2.75) is 20.0 Å². The maximum atomic E-state index is 12.5. The topological polar surface area (TPSA) is 112 Å². The highest BCUT2D eigenvalue weighted by Gasteiger charge is 2.13. The summed E-state index contributed by atoms with van der Waals surface area (Å²) in [4.78, 5) is 37.4. The van der Waals surface area contributed by atoms with Crippen LogP contribution in [0.1, 0.15) is 5.69 Å².